The van der Waals surface area contributed by atoms with Crippen molar-refractivity contribution in [3.8, 4) is 0 Å². The van der Waals surface area contributed by atoms with Gasteiger partial charge in [-0.15, -0.1) is 0 Å². The summed E-state index contributed by atoms with van der Waals surface area (Å²) in [6.07, 6.45) is 1.50. The highest BCUT2D eigenvalue weighted by atomic mass is 35.5. The molecule has 0 aliphatic rings. The summed E-state index contributed by atoms with van der Waals surface area (Å²) in [5.41, 5.74) is 4.26. The van der Waals surface area contributed by atoms with Crippen LogP contribution in [0.5, 0.6) is 0 Å². The van der Waals surface area contributed by atoms with Crippen molar-refractivity contribution in [1.82, 2.24) is 10.4 Å². The van der Waals surface area contributed by atoms with Crippen molar-refractivity contribution in [2.24, 2.45) is 5.10 Å². The Morgan fingerprint density at radius 3 is 2.68 bits per heavy atom. The van der Waals surface area contributed by atoms with Gasteiger partial charge in [0.2, 0.25) is 0 Å². The molecule has 108 valence electrons. The lowest BCUT2D eigenvalue weighted by Crippen LogP contribution is -2.18. The largest absolute Gasteiger partial charge is 0.289 e. The number of pyridine rings is 1. The summed E-state index contributed by atoms with van der Waals surface area (Å²) in [5.74, 6) is -0.367. The Morgan fingerprint density at radius 1 is 1.05 bits per heavy atom. The van der Waals surface area contributed by atoms with Gasteiger partial charge in [-0.1, -0.05) is 54.1 Å². The maximum absolute atomic E-state index is 12.0. The third-order valence-electron chi connectivity index (χ3n) is 3.11. The van der Waals surface area contributed by atoms with Gasteiger partial charge >= 0.3 is 0 Å². The number of para-hydroxylation sites is 1. The lowest BCUT2D eigenvalue weighted by atomic mass is 10.2. The zero-order valence-electron chi connectivity index (χ0n) is 11.5. The van der Waals surface area contributed by atoms with Crippen LogP contribution in [-0.4, -0.2) is 17.1 Å². The zero-order valence-corrected chi connectivity index (χ0v) is 12.3. The van der Waals surface area contributed by atoms with Crippen LogP contribution in [0.1, 0.15) is 16.1 Å². The predicted molar refractivity (Wildman–Crippen MR) is 88.3 cm³/mol. The molecule has 5 heteroatoms. The molecule has 1 amide bonds. The van der Waals surface area contributed by atoms with Crippen LogP contribution in [0.3, 0.4) is 0 Å². The van der Waals surface area contributed by atoms with Crippen molar-refractivity contribution in [3.63, 3.8) is 0 Å². The van der Waals surface area contributed by atoms with E-state index in [1.54, 1.807) is 12.1 Å². The predicted octanol–water partition coefficient (Wildman–Crippen LogP) is 3.65. The summed E-state index contributed by atoms with van der Waals surface area (Å²) < 4.78 is 0. The van der Waals surface area contributed by atoms with Crippen LogP contribution in [0.2, 0.25) is 5.02 Å². The SMILES string of the molecule is O=C(NN=Cc1ccccc1Cl)c1ccc2ccccc2n1. The second-order valence-electron chi connectivity index (χ2n) is 4.61. The number of hydrogen-bond donors (Lipinski definition) is 1. The first-order valence-electron chi connectivity index (χ1n) is 6.68. The summed E-state index contributed by atoms with van der Waals surface area (Å²) in [7, 11) is 0. The maximum atomic E-state index is 12.0. The van der Waals surface area contributed by atoms with Crippen molar-refractivity contribution in [2.75, 3.05) is 0 Å². The third kappa shape index (κ3) is 3.13. The molecule has 1 N–H and O–H groups in total. The molecule has 0 saturated carbocycles. The minimum Gasteiger partial charge on any atom is -0.266 e. The summed E-state index contributed by atoms with van der Waals surface area (Å²) in [5, 5.41) is 5.47. The highest BCUT2D eigenvalue weighted by Gasteiger charge is 2.06. The fourth-order valence-corrected chi connectivity index (χ4v) is 2.17. The van der Waals surface area contributed by atoms with Crippen LogP contribution >= 0.6 is 11.6 Å². The van der Waals surface area contributed by atoms with Crippen LogP contribution in [0.4, 0.5) is 0 Å². The average molecular weight is 310 g/mol. The first kappa shape index (κ1) is 14.2. The summed E-state index contributed by atoms with van der Waals surface area (Å²) in [6.45, 7) is 0. The molecule has 0 spiro atoms. The van der Waals surface area contributed by atoms with Crippen molar-refractivity contribution < 1.29 is 4.79 Å². The van der Waals surface area contributed by atoms with Crippen molar-refractivity contribution in [1.29, 1.82) is 0 Å². The molecule has 1 heterocycles. The number of amides is 1. The summed E-state index contributed by atoms with van der Waals surface area (Å²) >= 11 is 6.01. The Morgan fingerprint density at radius 2 is 1.82 bits per heavy atom. The molecule has 1 aromatic heterocycles. The molecule has 0 fully saturated rings. The minimum absolute atomic E-state index is 0.315. The minimum atomic E-state index is -0.367. The fraction of sp³-hybridized carbons (Fsp3) is 0. The first-order valence-corrected chi connectivity index (χ1v) is 7.05. The second kappa shape index (κ2) is 6.37. The van der Waals surface area contributed by atoms with E-state index >= 15 is 0 Å². The third-order valence-corrected chi connectivity index (χ3v) is 3.45. The van der Waals surface area contributed by atoms with Crippen molar-refractivity contribution in [3.05, 3.63) is 76.9 Å². The quantitative estimate of drug-likeness (QED) is 0.593. The van der Waals surface area contributed by atoms with Crippen LogP contribution in [0, 0.1) is 0 Å². The molecule has 3 rings (SSSR count). The lowest BCUT2D eigenvalue weighted by Gasteiger charge is -2.02. The molecule has 0 aliphatic heterocycles. The topological polar surface area (TPSA) is 54.4 Å². The van der Waals surface area contributed by atoms with Gasteiger partial charge in [-0.2, -0.15) is 5.10 Å². The number of benzene rings is 2. The molecule has 0 aliphatic carbocycles. The lowest BCUT2D eigenvalue weighted by molar-refractivity contribution is 0.0950. The first-order chi connectivity index (χ1) is 10.7. The maximum Gasteiger partial charge on any atom is 0.289 e. The molecule has 0 saturated heterocycles. The van der Waals surface area contributed by atoms with Crippen LogP contribution in [0.15, 0.2) is 65.8 Å². The Bertz CT molecular complexity index is 861. The zero-order chi connectivity index (χ0) is 15.4. The molecule has 2 aromatic carbocycles. The molecule has 0 radical (unpaired) electrons. The smallest absolute Gasteiger partial charge is 0.266 e. The molecule has 0 atom stereocenters. The number of aromatic nitrogens is 1. The van der Waals surface area contributed by atoms with E-state index in [0.717, 1.165) is 16.5 Å². The molecule has 22 heavy (non-hydrogen) atoms. The van der Waals surface area contributed by atoms with E-state index in [1.807, 2.05) is 48.5 Å². The normalized spacial score (nSPS) is 11.0. The fourth-order valence-electron chi connectivity index (χ4n) is 1.99. The van der Waals surface area contributed by atoms with Gasteiger partial charge in [-0.05, 0) is 18.2 Å². The van der Waals surface area contributed by atoms with Gasteiger partial charge in [0.05, 0.1) is 11.7 Å². The number of nitrogens with zero attached hydrogens (tertiary/aromatic N) is 2. The molecule has 0 unspecified atom stereocenters. The molecular formula is C17H12ClN3O. The van der Waals surface area contributed by atoms with E-state index in [2.05, 4.69) is 15.5 Å². The molecule has 0 bridgehead atoms. The van der Waals surface area contributed by atoms with Crippen LogP contribution in [-0.2, 0) is 0 Å². The number of carbonyl (C=O) groups is 1. The monoisotopic (exact) mass is 309 g/mol. The van der Waals surface area contributed by atoms with Crippen LogP contribution in [0.25, 0.3) is 10.9 Å². The van der Waals surface area contributed by atoms with Crippen LogP contribution < -0.4 is 5.43 Å². The van der Waals surface area contributed by atoms with Crippen molar-refractivity contribution >= 4 is 34.6 Å². The van der Waals surface area contributed by atoms with E-state index in [4.69, 9.17) is 11.6 Å². The van der Waals surface area contributed by atoms with Gasteiger partial charge in [-0.25, -0.2) is 10.4 Å². The summed E-state index contributed by atoms with van der Waals surface area (Å²) in [4.78, 5) is 16.3. The van der Waals surface area contributed by atoms with Crippen molar-refractivity contribution in [2.45, 2.75) is 0 Å². The molecular weight excluding hydrogens is 298 g/mol. The van der Waals surface area contributed by atoms with Gasteiger partial charge in [0.25, 0.3) is 5.91 Å². The highest BCUT2D eigenvalue weighted by Crippen LogP contribution is 2.13. The average Bonchev–Trinajstić information content (AvgIpc) is 2.56. The number of carbonyl (C=O) groups excluding carboxylic acids is 1. The number of halogens is 1. The number of hydrazone groups is 1. The Kier molecular flexibility index (Phi) is 4.12. The summed E-state index contributed by atoms with van der Waals surface area (Å²) in [6, 6.07) is 18.4. The van der Waals surface area contributed by atoms with E-state index in [0.29, 0.717) is 10.7 Å². The van der Waals surface area contributed by atoms with Gasteiger partial charge in [0, 0.05) is 16.0 Å². The standard InChI is InChI=1S/C17H12ClN3O/c18-14-7-3-1-6-13(14)11-19-21-17(22)16-10-9-12-5-2-4-8-15(12)20-16/h1-11H,(H,21,22). The number of hydrogen-bond acceptors (Lipinski definition) is 3. The molecule has 3 aromatic rings. The van der Waals surface area contributed by atoms with Gasteiger partial charge in [0.15, 0.2) is 0 Å². The molecule has 4 nitrogen and oxygen atoms in total. The van der Waals surface area contributed by atoms with E-state index in [1.165, 1.54) is 6.21 Å². The van der Waals surface area contributed by atoms with Gasteiger partial charge < -0.3 is 0 Å². The Labute approximate surface area is 132 Å². The van der Waals surface area contributed by atoms with Gasteiger partial charge in [-0.3, -0.25) is 4.79 Å². The Hall–Kier alpha value is -2.72. The van der Waals surface area contributed by atoms with E-state index < -0.39 is 0 Å². The van der Waals surface area contributed by atoms with E-state index in [-0.39, 0.29) is 5.91 Å². The second-order valence-corrected chi connectivity index (χ2v) is 5.02. The Balaban J connectivity index is 1.74. The number of rotatable bonds is 3. The van der Waals surface area contributed by atoms with E-state index in [9.17, 15) is 4.79 Å². The number of fused-ring (bicyclic) bond motifs is 1. The number of nitrogens with one attached hydrogen (secondary N) is 1. The highest BCUT2D eigenvalue weighted by molar-refractivity contribution is 6.33. The van der Waals surface area contributed by atoms with Gasteiger partial charge in [0.1, 0.15) is 5.69 Å².